The predicted octanol–water partition coefficient (Wildman–Crippen LogP) is 3.45. The number of carbonyl (C=O) groups is 1. The number of para-hydroxylation sites is 2. The molecule has 0 radical (unpaired) electrons. The van der Waals surface area contributed by atoms with Gasteiger partial charge in [0.2, 0.25) is 0 Å². The number of rotatable bonds is 4. The van der Waals surface area contributed by atoms with Gasteiger partial charge < -0.3 is 15.2 Å². The minimum Gasteiger partial charge on any atom is -0.497 e. The number of nitro benzene ring substituents is 1. The van der Waals surface area contributed by atoms with E-state index in [2.05, 4.69) is 10.3 Å². The summed E-state index contributed by atoms with van der Waals surface area (Å²) in [6, 6.07) is 9.47. The SMILES string of the molecule is CC.CNc1ccccc1[N+](=O)[O-].COc1ccnc(C(=O)O)c1. The molecule has 0 spiro atoms. The van der Waals surface area contributed by atoms with Crippen LogP contribution < -0.4 is 10.1 Å². The van der Waals surface area contributed by atoms with Gasteiger partial charge in [-0.3, -0.25) is 10.1 Å². The third-order valence-electron chi connectivity index (χ3n) is 2.56. The zero-order chi connectivity index (χ0) is 18.5. The highest BCUT2D eigenvalue weighted by molar-refractivity contribution is 5.85. The van der Waals surface area contributed by atoms with E-state index < -0.39 is 10.9 Å². The lowest BCUT2D eigenvalue weighted by Crippen LogP contribution is -1.99. The number of anilines is 1. The number of pyridine rings is 1. The maximum Gasteiger partial charge on any atom is 0.354 e. The van der Waals surface area contributed by atoms with Gasteiger partial charge >= 0.3 is 5.97 Å². The topological polar surface area (TPSA) is 115 Å². The van der Waals surface area contributed by atoms with E-state index in [0.29, 0.717) is 11.4 Å². The van der Waals surface area contributed by atoms with Gasteiger partial charge in [-0.15, -0.1) is 0 Å². The largest absolute Gasteiger partial charge is 0.497 e. The molecule has 24 heavy (non-hydrogen) atoms. The van der Waals surface area contributed by atoms with E-state index in [0.717, 1.165) is 0 Å². The molecule has 0 bridgehead atoms. The van der Waals surface area contributed by atoms with E-state index in [9.17, 15) is 14.9 Å². The number of carboxylic acids is 1. The Morgan fingerprint density at radius 1 is 1.29 bits per heavy atom. The van der Waals surface area contributed by atoms with Crippen molar-refractivity contribution in [2.45, 2.75) is 13.8 Å². The van der Waals surface area contributed by atoms with Crippen molar-refractivity contribution in [1.82, 2.24) is 4.98 Å². The van der Waals surface area contributed by atoms with Crippen LogP contribution in [0, 0.1) is 10.1 Å². The van der Waals surface area contributed by atoms with Crippen LogP contribution in [-0.2, 0) is 0 Å². The van der Waals surface area contributed by atoms with Crippen LogP contribution in [0.15, 0.2) is 42.6 Å². The molecule has 0 unspecified atom stereocenters. The second kappa shape index (κ2) is 11.4. The third-order valence-corrected chi connectivity index (χ3v) is 2.56. The molecule has 8 nitrogen and oxygen atoms in total. The normalized spacial score (nSPS) is 8.67. The van der Waals surface area contributed by atoms with Crippen molar-refractivity contribution >= 4 is 17.3 Å². The molecular weight excluding hydrogens is 314 g/mol. The van der Waals surface area contributed by atoms with Crippen molar-refractivity contribution in [3.05, 3.63) is 58.4 Å². The fraction of sp³-hybridized carbons (Fsp3) is 0.250. The minimum atomic E-state index is -1.05. The number of benzene rings is 1. The van der Waals surface area contributed by atoms with E-state index in [1.165, 1.54) is 25.4 Å². The minimum absolute atomic E-state index is 0.00986. The summed E-state index contributed by atoms with van der Waals surface area (Å²) in [6.45, 7) is 4.00. The number of nitro groups is 1. The molecule has 0 amide bonds. The number of carboxylic acid groups (broad SMARTS) is 1. The highest BCUT2D eigenvalue weighted by Crippen LogP contribution is 2.21. The first-order valence-corrected chi connectivity index (χ1v) is 7.14. The van der Waals surface area contributed by atoms with Gasteiger partial charge in [0.25, 0.3) is 5.69 Å². The molecule has 1 heterocycles. The molecule has 2 aromatic rings. The number of nitrogens with zero attached hydrogens (tertiary/aromatic N) is 2. The number of aromatic nitrogens is 1. The number of methoxy groups -OCH3 is 1. The van der Waals surface area contributed by atoms with Gasteiger partial charge in [-0.25, -0.2) is 9.78 Å². The number of ether oxygens (including phenoxy) is 1. The van der Waals surface area contributed by atoms with Crippen molar-refractivity contribution in [2.75, 3.05) is 19.5 Å². The van der Waals surface area contributed by atoms with E-state index in [4.69, 9.17) is 9.84 Å². The van der Waals surface area contributed by atoms with Crippen LogP contribution in [0.5, 0.6) is 5.75 Å². The lowest BCUT2D eigenvalue weighted by Gasteiger charge is -1.98. The summed E-state index contributed by atoms with van der Waals surface area (Å²) in [7, 11) is 3.13. The van der Waals surface area contributed by atoms with Gasteiger partial charge in [0.05, 0.1) is 12.0 Å². The number of aromatic carboxylic acids is 1. The molecule has 1 aromatic carbocycles. The Morgan fingerprint density at radius 2 is 1.92 bits per heavy atom. The summed E-state index contributed by atoms with van der Waals surface area (Å²) in [5, 5.41) is 21.6. The highest BCUT2D eigenvalue weighted by atomic mass is 16.6. The molecular formula is C16H21N3O5. The Hall–Kier alpha value is -3.16. The third kappa shape index (κ3) is 6.73. The summed E-state index contributed by atoms with van der Waals surface area (Å²) in [5.74, 6) is -0.554. The van der Waals surface area contributed by atoms with Gasteiger partial charge in [-0.1, -0.05) is 26.0 Å². The van der Waals surface area contributed by atoms with E-state index in [-0.39, 0.29) is 11.4 Å². The zero-order valence-corrected chi connectivity index (χ0v) is 14.0. The lowest BCUT2D eigenvalue weighted by atomic mass is 10.3. The monoisotopic (exact) mass is 335 g/mol. The average Bonchev–Trinajstić information content (AvgIpc) is 2.63. The molecule has 0 aliphatic rings. The molecule has 0 atom stereocenters. The van der Waals surface area contributed by atoms with Gasteiger partial charge in [0.1, 0.15) is 11.4 Å². The Balaban J connectivity index is 0.000000400. The van der Waals surface area contributed by atoms with Crippen molar-refractivity contribution < 1.29 is 19.6 Å². The second-order valence-electron chi connectivity index (χ2n) is 3.91. The molecule has 2 rings (SSSR count). The first-order chi connectivity index (χ1) is 11.5. The Kier molecular flexibility index (Phi) is 9.91. The number of hydrogen-bond acceptors (Lipinski definition) is 6. The maximum atomic E-state index is 10.4. The van der Waals surface area contributed by atoms with Gasteiger partial charge in [0, 0.05) is 25.4 Å². The maximum absolute atomic E-state index is 10.4. The summed E-state index contributed by atoms with van der Waals surface area (Å²) >= 11 is 0. The summed E-state index contributed by atoms with van der Waals surface area (Å²) in [4.78, 5) is 23.9. The van der Waals surface area contributed by atoms with Crippen molar-refractivity contribution in [3.8, 4) is 5.75 Å². The van der Waals surface area contributed by atoms with Crippen LogP contribution in [0.2, 0.25) is 0 Å². The first-order valence-electron chi connectivity index (χ1n) is 7.14. The zero-order valence-electron chi connectivity index (χ0n) is 14.0. The van der Waals surface area contributed by atoms with Gasteiger partial charge in [0.15, 0.2) is 5.69 Å². The number of nitrogens with one attached hydrogen (secondary N) is 1. The average molecular weight is 335 g/mol. The number of hydrogen-bond donors (Lipinski definition) is 2. The Bertz CT molecular complexity index is 662. The van der Waals surface area contributed by atoms with Crippen LogP contribution in [-0.4, -0.2) is 35.1 Å². The van der Waals surface area contributed by atoms with Crippen molar-refractivity contribution in [1.29, 1.82) is 0 Å². The molecule has 0 fully saturated rings. The standard InChI is InChI=1S/C7H8N2O2.C7H7NO3.C2H6/c1-8-6-4-2-3-5-7(6)9(10)11;1-11-5-2-3-8-6(4-5)7(9)10;1-2/h2-5,8H,1H3;2-4H,1H3,(H,9,10);1-2H3. The molecule has 8 heteroatoms. The van der Waals surface area contributed by atoms with E-state index in [1.54, 1.807) is 31.3 Å². The first kappa shape index (κ1) is 20.8. The smallest absolute Gasteiger partial charge is 0.354 e. The second-order valence-corrected chi connectivity index (χ2v) is 3.91. The Labute approximate surface area is 140 Å². The lowest BCUT2D eigenvalue weighted by molar-refractivity contribution is -0.383. The molecule has 0 aliphatic heterocycles. The van der Waals surface area contributed by atoms with Crippen LogP contribution in [0.3, 0.4) is 0 Å². The molecule has 0 aliphatic carbocycles. The summed E-state index contributed by atoms with van der Waals surface area (Å²) in [5.41, 5.74) is 0.636. The summed E-state index contributed by atoms with van der Waals surface area (Å²) < 4.78 is 4.80. The van der Waals surface area contributed by atoms with Gasteiger partial charge in [-0.2, -0.15) is 0 Å². The summed E-state index contributed by atoms with van der Waals surface area (Å²) in [6.07, 6.45) is 1.39. The van der Waals surface area contributed by atoms with Crippen LogP contribution in [0.4, 0.5) is 11.4 Å². The fourth-order valence-electron chi connectivity index (χ4n) is 1.50. The van der Waals surface area contributed by atoms with Crippen molar-refractivity contribution in [3.63, 3.8) is 0 Å². The van der Waals surface area contributed by atoms with Crippen LogP contribution >= 0.6 is 0 Å². The molecule has 1 aromatic heterocycles. The Morgan fingerprint density at radius 3 is 2.38 bits per heavy atom. The van der Waals surface area contributed by atoms with Crippen LogP contribution in [0.25, 0.3) is 0 Å². The molecule has 2 N–H and O–H groups in total. The van der Waals surface area contributed by atoms with Gasteiger partial charge in [-0.05, 0) is 12.1 Å². The van der Waals surface area contributed by atoms with Crippen LogP contribution in [0.1, 0.15) is 24.3 Å². The van der Waals surface area contributed by atoms with E-state index in [1.807, 2.05) is 13.8 Å². The molecule has 130 valence electrons. The molecule has 0 saturated heterocycles. The predicted molar refractivity (Wildman–Crippen MR) is 91.7 cm³/mol. The van der Waals surface area contributed by atoms with E-state index >= 15 is 0 Å². The quantitative estimate of drug-likeness (QED) is 0.649. The fourth-order valence-corrected chi connectivity index (χ4v) is 1.50. The highest BCUT2D eigenvalue weighted by Gasteiger charge is 2.09. The van der Waals surface area contributed by atoms with Crippen molar-refractivity contribution in [2.24, 2.45) is 0 Å². The molecule has 0 saturated carbocycles.